The molecule has 2 heterocycles. The highest BCUT2D eigenvalue weighted by Crippen LogP contribution is 2.31. The zero-order valence-corrected chi connectivity index (χ0v) is 9.97. The molecule has 5 heteroatoms. The number of aryl methyl sites for hydroxylation is 1. The molecule has 17 heavy (non-hydrogen) atoms. The molecule has 1 fully saturated rings. The average molecular weight is 240 g/mol. The van der Waals surface area contributed by atoms with Crippen LogP contribution in [-0.4, -0.2) is 19.2 Å². The van der Waals surface area contributed by atoms with Gasteiger partial charge in [-0.15, -0.1) is 0 Å². The summed E-state index contributed by atoms with van der Waals surface area (Å²) in [5, 5.41) is 0. The largest absolute Gasteiger partial charge is 0.469 e. The Morgan fingerprint density at radius 1 is 1.41 bits per heavy atom. The first kappa shape index (κ1) is 12.1. The SMILES string of the molecule is COC(=O)CC1CCC(c2ccc(C)o2)OO1. The highest BCUT2D eigenvalue weighted by molar-refractivity contribution is 5.69. The summed E-state index contributed by atoms with van der Waals surface area (Å²) < 4.78 is 10.0. The first-order valence-electron chi connectivity index (χ1n) is 5.64. The number of hydrogen-bond acceptors (Lipinski definition) is 5. The van der Waals surface area contributed by atoms with E-state index in [1.165, 1.54) is 7.11 Å². The van der Waals surface area contributed by atoms with Gasteiger partial charge in [0.2, 0.25) is 0 Å². The van der Waals surface area contributed by atoms with E-state index in [1.54, 1.807) is 0 Å². The van der Waals surface area contributed by atoms with E-state index in [9.17, 15) is 4.79 Å². The van der Waals surface area contributed by atoms with Crippen molar-refractivity contribution in [2.24, 2.45) is 0 Å². The Hall–Kier alpha value is -1.33. The normalized spacial score (nSPS) is 24.6. The fourth-order valence-electron chi connectivity index (χ4n) is 1.80. The van der Waals surface area contributed by atoms with Gasteiger partial charge in [0.05, 0.1) is 13.5 Å². The Bertz CT molecular complexity index is 376. The summed E-state index contributed by atoms with van der Waals surface area (Å²) in [5.41, 5.74) is 0. The third-order valence-electron chi connectivity index (χ3n) is 2.76. The number of furan rings is 1. The Balaban J connectivity index is 1.84. The number of ether oxygens (including phenoxy) is 1. The van der Waals surface area contributed by atoms with Crippen molar-refractivity contribution in [2.45, 2.75) is 38.4 Å². The average Bonchev–Trinajstić information content (AvgIpc) is 2.77. The summed E-state index contributed by atoms with van der Waals surface area (Å²) in [6.45, 7) is 1.88. The van der Waals surface area contributed by atoms with E-state index in [4.69, 9.17) is 14.2 Å². The minimum Gasteiger partial charge on any atom is -0.469 e. The maximum Gasteiger partial charge on any atom is 0.308 e. The predicted molar refractivity (Wildman–Crippen MR) is 58.0 cm³/mol. The van der Waals surface area contributed by atoms with Crippen LogP contribution in [0.1, 0.15) is 36.9 Å². The molecule has 0 bridgehead atoms. The molecular weight excluding hydrogens is 224 g/mol. The van der Waals surface area contributed by atoms with Crippen molar-refractivity contribution in [3.05, 3.63) is 23.7 Å². The molecule has 0 amide bonds. The van der Waals surface area contributed by atoms with Crippen LogP contribution in [0.5, 0.6) is 0 Å². The molecule has 5 nitrogen and oxygen atoms in total. The molecule has 0 N–H and O–H groups in total. The van der Waals surface area contributed by atoms with Crippen molar-refractivity contribution in [1.82, 2.24) is 0 Å². The third kappa shape index (κ3) is 3.08. The minimum atomic E-state index is -0.286. The number of carbonyl (C=O) groups is 1. The van der Waals surface area contributed by atoms with Crippen molar-refractivity contribution in [2.75, 3.05) is 7.11 Å². The number of methoxy groups -OCH3 is 1. The molecule has 0 saturated carbocycles. The number of esters is 1. The molecule has 2 atom stereocenters. The highest BCUT2D eigenvalue weighted by Gasteiger charge is 2.28. The minimum absolute atomic E-state index is 0.183. The lowest BCUT2D eigenvalue weighted by Crippen LogP contribution is -2.25. The van der Waals surface area contributed by atoms with E-state index >= 15 is 0 Å². The molecule has 94 valence electrons. The van der Waals surface area contributed by atoms with Gasteiger partial charge >= 0.3 is 5.97 Å². The summed E-state index contributed by atoms with van der Waals surface area (Å²) in [5.74, 6) is 1.32. The second kappa shape index (κ2) is 5.33. The number of carbonyl (C=O) groups excluding carboxylic acids is 1. The van der Waals surface area contributed by atoms with Crippen molar-refractivity contribution in [3.63, 3.8) is 0 Å². The zero-order valence-electron chi connectivity index (χ0n) is 9.97. The maximum absolute atomic E-state index is 11.1. The summed E-state index contributed by atoms with van der Waals surface area (Å²) in [6, 6.07) is 3.77. The lowest BCUT2D eigenvalue weighted by molar-refractivity contribution is -0.379. The lowest BCUT2D eigenvalue weighted by Gasteiger charge is -2.25. The van der Waals surface area contributed by atoms with Crippen LogP contribution in [0.15, 0.2) is 16.5 Å². The Morgan fingerprint density at radius 2 is 2.24 bits per heavy atom. The van der Waals surface area contributed by atoms with Gasteiger partial charge < -0.3 is 9.15 Å². The summed E-state index contributed by atoms with van der Waals surface area (Å²) in [7, 11) is 1.36. The molecule has 0 aromatic carbocycles. The van der Waals surface area contributed by atoms with Gasteiger partial charge in [-0.1, -0.05) is 0 Å². The Labute approximate surface area is 99.6 Å². The molecule has 1 aliphatic heterocycles. The Kier molecular flexibility index (Phi) is 3.81. The first-order valence-corrected chi connectivity index (χ1v) is 5.64. The van der Waals surface area contributed by atoms with Crippen LogP contribution in [-0.2, 0) is 19.3 Å². The molecule has 1 aromatic heterocycles. The van der Waals surface area contributed by atoms with Crippen LogP contribution >= 0.6 is 0 Å². The van der Waals surface area contributed by atoms with Crippen LogP contribution in [0.3, 0.4) is 0 Å². The number of rotatable bonds is 3. The molecule has 0 aliphatic carbocycles. The second-order valence-electron chi connectivity index (χ2n) is 4.11. The smallest absolute Gasteiger partial charge is 0.308 e. The molecule has 1 aliphatic rings. The van der Waals surface area contributed by atoms with E-state index < -0.39 is 0 Å². The van der Waals surface area contributed by atoms with Crippen LogP contribution < -0.4 is 0 Å². The molecule has 0 radical (unpaired) electrons. The monoisotopic (exact) mass is 240 g/mol. The molecule has 1 aromatic rings. The summed E-state index contributed by atoms with van der Waals surface area (Å²) >= 11 is 0. The molecule has 1 saturated heterocycles. The summed E-state index contributed by atoms with van der Waals surface area (Å²) in [6.07, 6.45) is 1.33. The Morgan fingerprint density at radius 3 is 2.76 bits per heavy atom. The fraction of sp³-hybridized carbons (Fsp3) is 0.583. The third-order valence-corrected chi connectivity index (χ3v) is 2.76. The fourth-order valence-corrected chi connectivity index (χ4v) is 1.80. The molecular formula is C12H16O5. The van der Waals surface area contributed by atoms with E-state index in [-0.39, 0.29) is 24.6 Å². The molecule has 2 unspecified atom stereocenters. The lowest BCUT2D eigenvalue weighted by atomic mass is 10.1. The molecule has 2 rings (SSSR count). The van der Waals surface area contributed by atoms with Gasteiger partial charge in [-0.25, -0.2) is 9.78 Å². The van der Waals surface area contributed by atoms with E-state index in [2.05, 4.69) is 4.74 Å². The zero-order chi connectivity index (χ0) is 12.3. The van der Waals surface area contributed by atoms with Gasteiger partial charge in [0.1, 0.15) is 17.6 Å². The summed E-state index contributed by atoms with van der Waals surface area (Å²) in [4.78, 5) is 21.5. The second-order valence-corrected chi connectivity index (χ2v) is 4.11. The maximum atomic E-state index is 11.1. The van der Waals surface area contributed by atoms with Crippen molar-refractivity contribution >= 4 is 5.97 Å². The van der Waals surface area contributed by atoms with Gasteiger partial charge in [-0.05, 0) is 31.9 Å². The quantitative estimate of drug-likeness (QED) is 0.599. The topological polar surface area (TPSA) is 57.9 Å². The van der Waals surface area contributed by atoms with Crippen molar-refractivity contribution in [3.8, 4) is 0 Å². The van der Waals surface area contributed by atoms with Crippen LogP contribution in [0.25, 0.3) is 0 Å². The standard InChI is InChI=1S/C12H16O5/c1-8-3-5-10(15-8)11-6-4-9(16-17-11)7-12(13)14-2/h3,5,9,11H,4,6-7H2,1-2H3. The predicted octanol–water partition coefficient (Wildman–Crippen LogP) is 2.30. The van der Waals surface area contributed by atoms with E-state index in [0.29, 0.717) is 0 Å². The van der Waals surface area contributed by atoms with Crippen LogP contribution in [0, 0.1) is 6.92 Å². The van der Waals surface area contributed by atoms with Crippen molar-refractivity contribution < 1.29 is 23.7 Å². The van der Waals surface area contributed by atoms with Crippen molar-refractivity contribution in [1.29, 1.82) is 0 Å². The van der Waals surface area contributed by atoms with Crippen LogP contribution in [0.4, 0.5) is 0 Å². The number of hydrogen-bond donors (Lipinski definition) is 0. The van der Waals surface area contributed by atoms with Gasteiger partial charge in [0.15, 0.2) is 6.10 Å². The van der Waals surface area contributed by atoms with Crippen LogP contribution in [0.2, 0.25) is 0 Å². The van der Waals surface area contributed by atoms with E-state index in [0.717, 1.165) is 24.4 Å². The van der Waals surface area contributed by atoms with E-state index in [1.807, 2.05) is 19.1 Å². The van der Waals surface area contributed by atoms with Gasteiger partial charge in [0.25, 0.3) is 0 Å². The highest BCUT2D eigenvalue weighted by atomic mass is 17.2. The van der Waals surface area contributed by atoms with Gasteiger partial charge in [-0.2, -0.15) is 0 Å². The first-order chi connectivity index (χ1) is 8.19. The molecule has 0 spiro atoms. The van der Waals surface area contributed by atoms with Gasteiger partial charge in [0, 0.05) is 0 Å². The van der Waals surface area contributed by atoms with Gasteiger partial charge in [-0.3, -0.25) is 4.79 Å².